The molecule has 0 aliphatic rings. The van der Waals surface area contributed by atoms with Gasteiger partial charge in [-0.05, 0) is 36.8 Å². The number of fused-ring (bicyclic) bond motifs is 1. The molecule has 0 saturated carbocycles. The van der Waals surface area contributed by atoms with E-state index >= 15 is 0 Å². The predicted octanol–water partition coefficient (Wildman–Crippen LogP) is 2.30. The molecule has 0 atom stereocenters. The molecule has 2 heterocycles. The number of pyridine rings is 1. The first-order valence-electron chi connectivity index (χ1n) is 5.95. The lowest BCUT2D eigenvalue weighted by Gasteiger charge is -2.06. The van der Waals surface area contributed by atoms with Gasteiger partial charge < -0.3 is 10.5 Å². The summed E-state index contributed by atoms with van der Waals surface area (Å²) >= 11 is 0. The van der Waals surface area contributed by atoms with E-state index in [1.807, 2.05) is 47.9 Å². The molecule has 5 heteroatoms. The molecule has 2 N–H and O–H groups in total. The van der Waals surface area contributed by atoms with Gasteiger partial charge in [-0.1, -0.05) is 6.07 Å². The molecule has 3 aromatic rings. The van der Waals surface area contributed by atoms with Gasteiger partial charge in [0, 0.05) is 11.8 Å². The zero-order valence-corrected chi connectivity index (χ0v) is 10.8. The van der Waals surface area contributed by atoms with Gasteiger partial charge >= 0.3 is 0 Å². The molecule has 0 aliphatic heterocycles. The summed E-state index contributed by atoms with van der Waals surface area (Å²) in [7, 11) is 1.60. The van der Waals surface area contributed by atoms with Gasteiger partial charge in [-0.2, -0.15) is 0 Å². The van der Waals surface area contributed by atoms with Crippen molar-refractivity contribution < 1.29 is 4.74 Å². The molecule has 0 radical (unpaired) electrons. The van der Waals surface area contributed by atoms with Crippen LogP contribution in [0.1, 0.15) is 5.56 Å². The summed E-state index contributed by atoms with van der Waals surface area (Å²) in [4.78, 5) is 0. The third-order valence-electron chi connectivity index (χ3n) is 3.12. The summed E-state index contributed by atoms with van der Waals surface area (Å²) in [6.45, 7) is 2.01. The normalized spacial score (nSPS) is 10.8. The fourth-order valence-electron chi connectivity index (χ4n) is 2.10. The van der Waals surface area contributed by atoms with Gasteiger partial charge in [-0.3, -0.25) is 4.40 Å². The minimum atomic E-state index is 0.608. The van der Waals surface area contributed by atoms with Crippen LogP contribution < -0.4 is 10.5 Å². The van der Waals surface area contributed by atoms with Crippen LogP contribution in [0.15, 0.2) is 36.5 Å². The standard InChI is InChI=1S/C14H14N4O/c1-9-4-3-7-18-13(9)16-17-14(18)10-5-6-11(15)12(8-10)19-2/h3-8H,15H2,1-2H3. The number of benzene rings is 1. The first-order valence-corrected chi connectivity index (χ1v) is 5.95. The molecule has 0 fully saturated rings. The minimum absolute atomic E-state index is 0.608. The van der Waals surface area contributed by atoms with Gasteiger partial charge in [0.25, 0.3) is 0 Å². The lowest BCUT2D eigenvalue weighted by molar-refractivity contribution is 0.417. The Kier molecular flexibility index (Phi) is 2.59. The number of anilines is 1. The number of aryl methyl sites for hydroxylation is 1. The number of methoxy groups -OCH3 is 1. The molecule has 96 valence electrons. The molecule has 0 unspecified atom stereocenters. The molecule has 3 rings (SSSR count). The number of hydrogen-bond acceptors (Lipinski definition) is 4. The van der Waals surface area contributed by atoms with E-state index < -0.39 is 0 Å². The van der Waals surface area contributed by atoms with Crippen LogP contribution in [0.3, 0.4) is 0 Å². The predicted molar refractivity (Wildman–Crippen MR) is 74.1 cm³/mol. The van der Waals surface area contributed by atoms with Crippen LogP contribution in [0, 0.1) is 6.92 Å². The van der Waals surface area contributed by atoms with E-state index in [9.17, 15) is 0 Å². The average Bonchev–Trinajstić information content (AvgIpc) is 2.85. The van der Waals surface area contributed by atoms with E-state index in [1.54, 1.807) is 7.11 Å². The highest BCUT2D eigenvalue weighted by Crippen LogP contribution is 2.28. The van der Waals surface area contributed by atoms with E-state index in [0.29, 0.717) is 11.4 Å². The maximum Gasteiger partial charge on any atom is 0.168 e. The van der Waals surface area contributed by atoms with E-state index in [2.05, 4.69) is 10.2 Å². The Balaban J connectivity index is 2.22. The molecule has 0 aliphatic carbocycles. The number of nitrogens with zero attached hydrogens (tertiary/aromatic N) is 3. The summed E-state index contributed by atoms with van der Waals surface area (Å²) < 4.78 is 7.20. The van der Waals surface area contributed by atoms with E-state index in [1.165, 1.54) is 0 Å². The van der Waals surface area contributed by atoms with Gasteiger partial charge in [0.05, 0.1) is 12.8 Å². The zero-order valence-electron chi connectivity index (χ0n) is 10.8. The molecule has 0 saturated heterocycles. The molecule has 0 spiro atoms. The molecule has 5 nitrogen and oxygen atoms in total. The quantitative estimate of drug-likeness (QED) is 0.713. The second-order valence-electron chi connectivity index (χ2n) is 4.37. The monoisotopic (exact) mass is 254 g/mol. The number of ether oxygens (including phenoxy) is 1. The second kappa shape index (κ2) is 4.28. The largest absolute Gasteiger partial charge is 0.495 e. The van der Waals surface area contributed by atoms with Crippen LogP contribution in [-0.2, 0) is 0 Å². The number of nitrogen functional groups attached to an aromatic ring is 1. The molecular weight excluding hydrogens is 240 g/mol. The third kappa shape index (κ3) is 1.79. The van der Waals surface area contributed by atoms with Crippen molar-refractivity contribution in [1.29, 1.82) is 0 Å². The summed E-state index contributed by atoms with van der Waals surface area (Å²) in [5.41, 5.74) is 9.29. The van der Waals surface area contributed by atoms with Crippen molar-refractivity contribution in [3.63, 3.8) is 0 Å². The maximum absolute atomic E-state index is 5.82. The molecule has 1 aromatic carbocycles. The van der Waals surface area contributed by atoms with Crippen molar-refractivity contribution in [2.45, 2.75) is 6.92 Å². The van der Waals surface area contributed by atoms with Crippen molar-refractivity contribution >= 4 is 11.3 Å². The average molecular weight is 254 g/mol. The van der Waals surface area contributed by atoms with Crippen LogP contribution in [0.25, 0.3) is 17.0 Å². The van der Waals surface area contributed by atoms with Crippen molar-refractivity contribution in [1.82, 2.24) is 14.6 Å². The Labute approximate surface area is 110 Å². The van der Waals surface area contributed by atoms with Gasteiger partial charge in [-0.15, -0.1) is 10.2 Å². The molecule has 19 heavy (non-hydrogen) atoms. The van der Waals surface area contributed by atoms with Gasteiger partial charge in [-0.25, -0.2) is 0 Å². The number of hydrogen-bond donors (Lipinski definition) is 1. The number of rotatable bonds is 2. The molecule has 0 amide bonds. The Hall–Kier alpha value is -2.56. The highest BCUT2D eigenvalue weighted by molar-refractivity contribution is 5.67. The SMILES string of the molecule is COc1cc(-c2nnc3c(C)cccn23)ccc1N. The Morgan fingerprint density at radius 2 is 2.05 bits per heavy atom. The van der Waals surface area contributed by atoms with Gasteiger partial charge in [0.1, 0.15) is 5.75 Å². The Morgan fingerprint density at radius 1 is 1.21 bits per heavy atom. The van der Waals surface area contributed by atoms with Crippen molar-refractivity contribution in [3.8, 4) is 17.1 Å². The van der Waals surface area contributed by atoms with Crippen LogP contribution in [0.2, 0.25) is 0 Å². The maximum atomic E-state index is 5.82. The van der Waals surface area contributed by atoms with E-state index in [-0.39, 0.29) is 0 Å². The molecular formula is C14H14N4O. The summed E-state index contributed by atoms with van der Waals surface area (Å²) in [6, 6.07) is 9.58. The van der Waals surface area contributed by atoms with Crippen LogP contribution in [-0.4, -0.2) is 21.7 Å². The number of aromatic nitrogens is 3. The summed E-state index contributed by atoms with van der Waals surface area (Å²) in [5.74, 6) is 1.42. The zero-order chi connectivity index (χ0) is 13.4. The first-order chi connectivity index (χ1) is 9.20. The Bertz CT molecular complexity index is 748. The molecule has 0 bridgehead atoms. The van der Waals surface area contributed by atoms with Crippen molar-refractivity contribution in [2.24, 2.45) is 0 Å². The Morgan fingerprint density at radius 3 is 2.84 bits per heavy atom. The van der Waals surface area contributed by atoms with Crippen LogP contribution >= 0.6 is 0 Å². The van der Waals surface area contributed by atoms with Gasteiger partial charge in [0.2, 0.25) is 0 Å². The third-order valence-corrected chi connectivity index (χ3v) is 3.12. The molecule has 2 aromatic heterocycles. The second-order valence-corrected chi connectivity index (χ2v) is 4.37. The first kappa shape index (κ1) is 11.5. The minimum Gasteiger partial charge on any atom is -0.495 e. The van der Waals surface area contributed by atoms with Crippen molar-refractivity contribution in [3.05, 3.63) is 42.1 Å². The van der Waals surface area contributed by atoms with E-state index in [4.69, 9.17) is 10.5 Å². The summed E-state index contributed by atoms with van der Waals surface area (Å²) in [6.07, 6.45) is 1.94. The fourth-order valence-corrected chi connectivity index (χ4v) is 2.10. The van der Waals surface area contributed by atoms with E-state index in [0.717, 1.165) is 22.6 Å². The fraction of sp³-hybridized carbons (Fsp3) is 0.143. The summed E-state index contributed by atoms with van der Waals surface area (Å²) in [5, 5.41) is 8.46. The smallest absolute Gasteiger partial charge is 0.168 e. The van der Waals surface area contributed by atoms with Crippen LogP contribution in [0.5, 0.6) is 5.75 Å². The highest BCUT2D eigenvalue weighted by Gasteiger charge is 2.11. The van der Waals surface area contributed by atoms with Crippen molar-refractivity contribution in [2.75, 3.05) is 12.8 Å². The lowest BCUT2D eigenvalue weighted by Crippen LogP contribution is -1.94. The van der Waals surface area contributed by atoms with Gasteiger partial charge in [0.15, 0.2) is 11.5 Å². The topological polar surface area (TPSA) is 65.4 Å². The van der Waals surface area contributed by atoms with Crippen LogP contribution in [0.4, 0.5) is 5.69 Å². The lowest BCUT2D eigenvalue weighted by atomic mass is 10.1. The number of nitrogens with two attached hydrogens (primary N) is 1. The highest BCUT2D eigenvalue weighted by atomic mass is 16.5.